The zero-order valence-corrected chi connectivity index (χ0v) is 18.1. The van der Waals surface area contributed by atoms with Crippen LogP contribution in [0, 0.1) is 0 Å². The van der Waals surface area contributed by atoms with Crippen LogP contribution in [0.1, 0.15) is 29.8 Å². The molecule has 0 aromatic heterocycles. The maximum atomic E-state index is 13.0. The summed E-state index contributed by atoms with van der Waals surface area (Å²) in [6.07, 6.45) is 1.63. The number of rotatable bonds is 9. The molecule has 0 bridgehead atoms. The summed E-state index contributed by atoms with van der Waals surface area (Å²) in [6, 6.07) is 23.1. The normalized spacial score (nSPS) is 10.9. The summed E-state index contributed by atoms with van der Waals surface area (Å²) < 4.78 is 10.9. The SMILES string of the molecule is CCOc1ccc(/C=C(\NC(=O)c2ccccc2)C(=O)Nc2ccc(OCC)cc2)cc1. The van der Waals surface area contributed by atoms with Crippen LogP contribution in [0.15, 0.2) is 84.6 Å². The van der Waals surface area contributed by atoms with E-state index in [2.05, 4.69) is 10.6 Å². The Labute approximate surface area is 187 Å². The molecule has 0 aliphatic rings. The van der Waals surface area contributed by atoms with Crippen LogP contribution in [0.2, 0.25) is 0 Å². The monoisotopic (exact) mass is 430 g/mol. The second kappa shape index (κ2) is 11.4. The van der Waals surface area contributed by atoms with Crippen molar-refractivity contribution in [3.63, 3.8) is 0 Å². The van der Waals surface area contributed by atoms with Gasteiger partial charge in [0.05, 0.1) is 13.2 Å². The van der Waals surface area contributed by atoms with Crippen LogP contribution < -0.4 is 20.1 Å². The van der Waals surface area contributed by atoms with E-state index < -0.39 is 5.91 Å². The number of hydrogen-bond acceptors (Lipinski definition) is 4. The number of nitrogens with one attached hydrogen (secondary N) is 2. The molecular formula is C26H26N2O4. The third kappa shape index (κ3) is 6.47. The van der Waals surface area contributed by atoms with Crippen LogP contribution in [-0.4, -0.2) is 25.0 Å². The van der Waals surface area contributed by atoms with Crippen molar-refractivity contribution >= 4 is 23.6 Å². The van der Waals surface area contributed by atoms with Crippen LogP contribution >= 0.6 is 0 Å². The number of carbonyl (C=O) groups is 2. The predicted molar refractivity (Wildman–Crippen MR) is 126 cm³/mol. The fourth-order valence-corrected chi connectivity index (χ4v) is 2.94. The van der Waals surface area contributed by atoms with Gasteiger partial charge in [0, 0.05) is 11.3 Å². The van der Waals surface area contributed by atoms with Crippen molar-refractivity contribution in [3.05, 3.63) is 95.7 Å². The van der Waals surface area contributed by atoms with Crippen LogP contribution in [-0.2, 0) is 4.79 Å². The van der Waals surface area contributed by atoms with Gasteiger partial charge in [0.1, 0.15) is 17.2 Å². The number of amides is 2. The summed E-state index contributed by atoms with van der Waals surface area (Å²) in [5.74, 6) is 0.642. The highest BCUT2D eigenvalue weighted by atomic mass is 16.5. The largest absolute Gasteiger partial charge is 0.494 e. The molecule has 0 fully saturated rings. The minimum Gasteiger partial charge on any atom is -0.494 e. The quantitative estimate of drug-likeness (QED) is 0.474. The summed E-state index contributed by atoms with van der Waals surface area (Å²) in [6.45, 7) is 4.95. The molecule has 0 saturated carbocycles. The standard InChI is InChI=1S/C26H26N2O4/c1-3-31-22-14-10-19(11-15-22)18-24(28-25(29)20-8-6-5-7-9-20)26(30)27-21-12-16-23(17-13-21)32-4-2/h5-18H,3-4H2,1-2H3,(H,27,30)(H,28,29)/b24-18-. The molecule has 32 heavy (non-hydrogen) atoms. The van der Waals surface area contributed by atoms with Gasteiger partial charge in [-0.05, 0) is 74.0 Å². The average molecular weight is 431 g/mol. The van der Waals surface area contributed by atoms with Gasteiger partial charge in [0.15, 0.2) is 0 Å². The topological polar surface area (TPSA) is 76.7 Å². The van der Waals surface area contributed by atoms with E-state index in [1.807, 2.05) is 44.2 Å². The van der Waals surface area contributed by atoms with Crippen LogP contribution in [0.5, 0.6) is 11.5 Å². The minimum absolute atomic E-state index is 0.122. The summed E-state index contributed by atoms with van der Waals surface area (Å²) in [7, 11) is 0. The average Bonchev–Trinajstić information content (AvgIpc) is 2.82. The van der Waals surface area contributed by atoms with Crippen LogP contribution in [0.4, 0.5) is 5.69 Å². The second-order valence-electron chi connectivity index (χ2n) is 6.79. The molecule has 0 aliphatic heterocycles. The first-order valence-corrected chi connectivity index (χ1v) is 10.4. The molecule has 0 saturated heterocycles. The summed E-state index contributed by atoms with van der Waals surface area (Å²) in [5, 5.41) is 5.55. The molecular weight excluding hydrogens is 404 g/mol. The Bertz CT molecular complexity index is 1060. The van der Waals surface area contributed by atoms with Gasteiger partial charge < -0.3 is 20.1 Å². The molecule has 0 aliphatic carbocycles. The molecule has 0 spiro atoms. The lowest BCUT2D eigenvalue weighted by Crippen LogP contribution is -2.30. The molecule has 0 atom stereocenters. The molecule has 2 amide bonds. The number of ether oxygens (including phenoxy) is 2. The van der Waals surface area contributed by atoms with Crippen molar-refractivity contribution in [1.82, 2.24) is 5.32 Å². The van der Waals surface area contributed by atoms with Crippen molar-refractivity contribution in [1.29, 1.82) is 0 Å². The predicted octanol–water partition coefficient (Wildman–Crippen LogP) is 4.89. The van der Waals surface area contributed by atoms with Gasteiger partial charge in [-0.3, -0.25) is 9.59 Å². The van der Waals surface area contributed by atoms with Crippen LogP contribution in [0.25, 0.3) is 6.08 Å². The van der Waals surface area contributed by atoms with Crippen molar-refractivity contribution < 1.29 is 19.1 Å². The van der Waals surface area contributed by atoms with E-state index in [0.29, 0.717) is 30.2 Å². The Morgan fingerprint density at radius 1 is 0.781 bits per heavy atom. The fourth-order valence-electron chi connectivity index (χ4n) is 2.94. The Balaban J connectivity index is 1.83. The number of anilines is 1. The highest BCUT2D eigenvalue weighted by Gasteiger charge is 2.15. The third-order valence-corrected chi connectivity index (χ3v) is 4.45. The fraction of sp³-hybridized carbons (Fsp3) is 0.154. The molecule has 6 heteroatoms. The maximum Gasteiger partial charge on any atom is 0.272 e. The maximum absolute atomic E-state index is 13.0. The lowest BCUT2D eigenvalue weighted by Gasteiger charge is -2.12. The van der Waals surface area contributed by atoms with E-state index >= 15 is 0 Å². The highest BCUT2D eigenvalue weighted by molar-refractivity contribution is 6.10. The van der Waals surface area contributed by atoms with Crippen LogP contribution in [0.3, 0.4) is 0 Å². The van der Waals surface area contributed by atoms with Gasteiger partial charge in [-0.15, -0.1) is 0 Å². The van der Waals surface area contributed by atoms with E-state index in [0.717, 1.165) is 11.3 Å². The zero-order chi connectivity index (χ0) is 22.8. The first-order valence-electron chi connectivity index (χ1n) is 10.4. The Morgan fingerprint density at radius 3 is 1.91 bits per heavy atom. The number of hydrogen-bond donors (Lipinski definition) is 2. The first kappa shape index (κ1) is 22.6. The van der Waals surface area contributed by atoms with E-state index in [1.165, 1.54) is 0 Å². The van der Waals surface area contributed by atoms with Crippen molar-refractivity contribution in [2.24, 2.45) is 0 Å². The molecule has 6 nitrogen and oxygen atoms in total. The van der Waals surface area contributed by atoms with E-state index in [-0.39, 0.29) is 11.6 Å². The highest BCUT2D eigenvalue weighted by Crippen LogP contribution is 2.18. The third-order valence-electron chi connectivity index (χ3n) is 4.45. The Hall–Kier alpha value is -4.06. The molecule has 0 unspecified atom stereocenters. The molecule has 0 radical (unpaired) electrons. The minimum atomic E-state index is -0.438. The Morgan fingerprint density at radius 2 is 1.34 bits per heavy atom. The van der Waals surface area contributed by atoms with Gasteiger partial charge in [0.2, 0.25) is 0 Å². The number of carbonyl (C=O) groups excluding carboxylic acids is 2. The van der Waals surface area contributed by atoms with E-state index in [4.69, 9.17) is 9.47 Å². The Kier molecular flexibility index (Phi) is 8.03. The van der Waals surface area contributed by atoms with Gasteiger partial charge in [0.25, 0.3) is 11.8 Å². The molecule has 3 aromatic carbocycles. The molecule has 164 valence electrons. The lowest BCUT2D eigenvalue weighted by atomic mass is 10.1. The van der Waals surface area contributed by atoms with Gasteiger partial charge >= 0.3 is 0 Å². The number of benzene rings is 3. The van der Waals surface area contributed by atoms with Gasteiger partial charge in [-0.25, -0.2) is 0 Å². The van der Waals surface area contributed by atoms with E-state index in [1.54, 1.807) is 54.6 Å². The van der Waals surface area contributed by atoms with Gasteiger partial charge in [-0.2, -0.15) is 0 Å². The smallest absolute Gasteiger partial charge is 0.272 e. The van der Waals surface area contributed by atoms with E-state index in [9.17, 15) is 9.59 Å². The van der Waals surface area contributed by atoms with Crippen molar-refractivity contribution in [2.45, 2.75) is 13.8 Å². The lowest BCUT2D eigenvalue weighted by molar-refractivity contribution is -0.113. The van der Waals surface area contributed by atoms with Gasteiger partial charge in [-0.1, -0.05) is 30.3 Å². The van der Waals surface area contributed by atoms with Crippen molar-refractivity contribution in [2.75, 3.05) is 18.5 Å². The molecule has 3 aromatic rings. The molecule has 0 heterocycles. The summed E-state index contributed by atoms with van der Waals surface area (Å²) in [4.78, 5) is 25.7. The molecule has 2 N–H and O–H groups in total. The first-order chi connectivity index (χ1) is 15.6. The second-order valence-corrected chi connectivity index (χ2v) is 6.79. The summed E-state index contributed by atoms with van der Waals surface area (Å²) in [5.41, 5.74) is 1.92. The molecule has 3 rings (SSSR count). The summed E-state index contributed by atoms with van der Waals surface area (Å²) >= 11 is 0. The zero-order valence-electron chi connectivity index (χ0n) is 18.1. The van der Waals surface area contributed by atoms with Crippen molar-refractivity contribution in [3.8, 4) is 11.5 Å².